The quantitative estimate of drug-likeness (QED) is 0.518. The highest BCUT2D eigenvalue weighted by Crippen LogP contribution is 2.24. The minimum absolute atomic E-state index is 0.0799. The predicted molar refractivity (Wildman–Crippen MR) is 86.7 cm³/mol. The minimum atomic E-state index is -0.160. The van der Waals surface area contributed by atoms with Crippen LogP contribution in [0.3, 0.4) is 0 Å². The van der Waals surface area contributed by atoms with Crippen LogP contribution >= 0.6 is 0 Å². The average molecular weight is 302 g/mol. The molecule has 2 aliphatic rings. The van der Waals surface area contributed by atoms with E-state index in [2.05, 4.69) is 46.3 Å². The van der Waals surface area contributed by atoms with Gasteiger partial charge >= 0.3 is 0 Å². The Morgan fingerprint density at radius 3 is 1.90 bits per heavy atom. The molecule has 6 nitrogen and oxygen atoms in total. The maximum absolute atomic E-state index is 8.62. The molecule has 2 rings (SSSR count). The lowest BCUT2D eigenvalue weighted by Crippen LogP contribution is -2.54. The van der Waals surface area contributed by atoms with E-state index in [-0.39, 0.29) is 11.6 Å². The van der Waals surface area contributed by atoms with Crippen molar-refractivity contribution >= 4 is 0 Å². The van der Waals surface area contributed by atoms with Gasteiger partial charge in [-0.25, -0.2) is 4.89 Å². The van der Waals surface area contributed by atoms with E-state index in [1.54, 1.807) is 0 Å². The van der Waals surface area contributed by atoms with Crippen molar-refractivity contribution in [1.82, 2.24) is 20.4 Å². The lowest BCUT2D eigenvalue weighted by Gasteiger charge is -2.32. The van der Waals surface area contributed by atoms with Gasteiger partial charge in [-0.1, -0.05) is 0 Å². The smallest absolute Gasteiger partial charge is 0.109 e. The Labute approximate surface area is 129 Å². The number of nitrogens with zero attached hydrogens (tertiary/aromatic N) is 2. The Hall–Kier alpha value is -0.240. The molecule has 2 aliphatic heterocycles. The Balaban J connectivity index is 0.000000219. The molecule has 3 unspecified atom stereocenters. The third-order valence-corrected chi connectivity index (χ3v) is 5.19. The first kappa shape index (κ1) is 18.8. The molecule has 2 saturated heterocycles. The van der Waals surface area contributed by atoms with E-state index in [1.807, 2.05) is 21.0 Å². The largest absolute Gasteiger partial charge is 0.313 e. The van der Waals surface area contributed by atoms with Gasteiger partial charge in [0.15, 0.2) is 0 Å². The highest BCUT2D eigenvalue weighted by Gasteiger charge is 2.41. The molecule has 21 heavy (non-hydrogen) atoms. The van der Waals surface area contributed by atoms with Crippen molar-refractivity contribution in [1.29, 1.82) is 0 Å². The second kappa shape index (κ2) is 7.85. The van der Waals surface area contributed by atoms with E-state index in [9.17, 15) is 0 Å². The van der Waals surface area contributed by atoms with E-state index in [4.69, 9.17) is 5.26 Å². The van der Waals surface area contributed by atoms with Crippen molar-refractivity contribution in [3.8, 4) is 0 Å². The zero-order chi connectivity index (χ0) is 16.1. The summed E-state index contributed by atoms with van der Waals surface area (Å²) in [7, 11) is 8.19. The molecule has 126 valence electrons. The van der Waals surface area contributed by atoms with Gasteiger partial charge in [0.1, 0.15) is 6.10 Å². The average Bonchev–Trinajstić information content (AvgIpc) is 3.03. The fraction of sp³-hybridized carbons (Fsp3) is 1.00. The van der Waals surface area contributed by atoms with Gasteiger partial charge < -0.3 is 20.4 Å². The number of hydrogen-bond donors (Lipinski definition) is 3. The Morgan fingerprint density at radius 2 is 1.62 bits per heavy atom. The molecule has 3 N–H and O–H groups in total. The summed E-state index contributed by atoms with van der Waals surface area (Å²) in [6.07, 6.45) is 2.13. The second-order valence-electron chi connectivity index (χ2n) is 6.94. The van der Waals surface area contributed by atoms with Crippen LogP contribution in [-0.4, -0.2) is 86.6 Å². The fourth-order valence-corrected chi connectivity index (χ4v) is 3.27. The Kier molecular flexibility index (Phi) is 7.03. The summed E-state index contributed by atoms with van der Waals surface area (Å²) in [4.78, 5) is 8.97. The molecule has 0 spiro atoms. The van der Waals surface area contributed by atoms with Gasteiger partial charge in [-0.05, 0) is 68.0 Å². The summed E-state index contributed by atoms with van der Waals surface area (Å²) in [5, 5.41) is 15.2. The van der Waals surface area contributed by atoms with E-state index in [0.717, 1.165) is 19.5 Å². The van der Waals surface area contributed by atoms with Crippen LogP contribution in [0.2, 0.25) is 0 Å². The summed E-state index contributed by atoms with van der Waals surface area (Å²) in [5.41, 5.74) is 0.304. The summed E-state index contributed by atoms with van der Waals surface area (Å²) < 4.78 is 0. The van der Waals surface area contributed by atoms with Gasteiger partial charge in [-0.15, -0.1) is 0 Å². The zero-order valence-corrected chi connectivity index (χ0v) is 14.6. The van der Waals surface area contributed by atoms with Crippen LogP contribution in [0.25, 0.3) is 0 Å². The van der Waals surface area contributed by atoms with Crippen molar-refractivity contribution in [2.45, 2.75) is 43.9 Å². The summed E-state index contributed by atoms with van der Waals surface area (Å²) in [6.45, 7) is 8.55. The Bertz CT molecular complexity index is 318. The van der Waals surface area contributed by atoms with Gasteiger partial charge in [0.05, 0.1) is 5.54 Å². The van der Waals surface area contributed by atoms with Crippen molar-refractivity contribution in [2.75, 3.05) is 54.4 Å². The van der Waals surface area contributed by atoms with Crippen molar-refractivity contribution in [3.05, 3.63) is 0 Å². The molecule has 3 atom stereocenters. The van der Waals surface area contributed by atoms with Gasteiger partial charge in [0, 0.05) is 18.6 Å². The molecule has 2 heterocycles. The first-order chi connectivity index (χ1) is 9.80. The van der Waals surface area contributed by atoms with Crippen molar-refractivity contribution in [2.24, 2.45) is 0 Å². The van der Waals surface area contributed by atoms with Crippen molar-refractivity contribution in [3.63, 3.8) is 0 Å². The molecular weight excluding hydrogens is 268 g/mol. The number of rotatable bonds is 4. The lowest BCUT2D eigenvalue weighted by atomic mass is 9.93. The normalized spacial score (nSPS) is 35.6. The third kappa shape index (κ3) is 4.87. The van der Waals surface area contributed by atoms with Crippen molar-refractivity contribution < 1.29 is 10.1 Å². The second-order valence-corrected chi connectivity index (χ2v) is 6.94. The van der Waals surface area contributed by atoms with Crippen LogP contribution in [0.1, 0.15) is 26.7 Å². The SMILES string of the molecule is CNC1(C(C)OO)CCN(C)C1.CNC1(C)CCN(C)C1. The third-order valence-electron chi connectivity index (χ3n) is 5.19. The number of likely N-dealkylation sites (tertiary alicyclic amines) is 2. The van der Waals surface area contributed by atoms with E-state index in [1.165, 1.54) is 19.5 Å². The van der Waals surface area contributed by atoms with E-state index < -0.39 is 0 Å². The van der Waals surface area contributed by atoms with Crippen LogP contribution in [0.15, 0.2) is 0 Å². The molecule has 0 aliphatic carbocycles. The predicted octanol–water partition coefficient (Wildman–Crippen LogP) is 0.458. The lowest BCUT2D eigenvalue weighted by molar-refractivity contribution is -0.289. The molecule has 0 aromatic carbocycles. The molecule has 0 radical (unpaired) electrons. The minimum Gasteiger partial charge on any atom is -0.313 e. The van der Waals surface area contributed by atoms with E-state index in [0.29, 0.717) is 5.54 Å². The molecule has 0 aromatic rings. The zero-order valence-electron chi connectivity index (χ0n) is 14.6. The highest BCUT2D eigenvalue weighted by atomic mass is 17.1. The topological polar surface area (TPSA) is 60.0 Å². The Morgan fingerprint density at radius 1 is 1.05 bits per heavy atom. The molecule has 0 saturated carbocycles. The molecular formula is C15H34N4O2. The monoisotopic (exact) mass is 302 g/mol. The maximum Gasteiger partial charge on any atom is 0.109 e. The van der Waals surface area contributed by atoms with Crippen LogP contribution in [-0.2, 0) is 4.89 Å². The van der Waals surface area contributed by atoms with Crippen LogP contribution in [0, 0.1) is 0 Å². The molecule has 6 heteroatoms. The molecule has 2 fully saturated rings. The maximum atomic E-state index is 8.62. The van der Waals surface area contributed by atoms with Gasteiger partial charge in [0.25, 0.3) is 0 Å². The first-order valence-electron chi connectivity index (χ1n) is 7.86. The summed E-state index contributed by atoms with van der Waals surface area (Å²) >= 11 is 0. The highest BCUT2D eigenvalue weighted by molar-refractivity contribution is 4.99. The standard InChI is InChI=1S/C8H18N2O2.C7H16N2/c1-7(12-11)8(9-2)4-5-10(3)6-8;1-7(8-2)4-5-9(3)6-7/h7,9,11H,4-6H2,1-3H3;8H,4-6H2,1-3H3. The number of nitrogens with one attached hydrogen (secondary N) is 2. The van der Waals surface area contributed by atoms with Crippen LogP contribution in [0.5, 0.6) is 0 Å². The van der Waals surface area contributed by atoms with Crippen LogP contribution < -0.4 is 10.6 Å². The molecule has 0 bridgehead atoms. The van der Waals surface area contributed by atoms with Crippen LogP contribution in [0.4, 0.5) is 0 Å². The molecule has 0 aromatic heterocycles. The van der Waals surface area contributed by atoms with Gasteiger partial charge in [-0.2, -0.15) is 0 Å². The first-order valence-corrected chi connectivity index (χ1v) is 7.86. The summed E-state index contributed by atoms with van der Waals surface area (Å²) in [6, 6.07) is 0. The van der Waals surface area contributed by atoms with E-state index >= 15 is 0 Å². The summed E-state index contributed by atoms with van der Waals surface area (Å²) in [5.74, 6) is 0. The molecule has 0 amide bonds. The fourth-order valence-electron chi connectivity index (χ4n) is 3.27. The van der Waals surface area contributed by atoms with Gasteiger partial charge in [-0.3, -0.25) is 5.26 Å². The number of hydrogen-bond acceptors (Lipinski definition) is 6. The number of likely N-dealkylation sites (N-methyl/N-ethyl adjacent to an activating group) is 4. The van der Waals surface area contributed by atoms with Gasteiger partial charge in [0.2, 0.25) is 0 Å².